The first-order valence-electron chi connectivity index (χ1n) is 9.14. The minimum Gasteiger partial charge on any atom is -0.394 e. The van der Waals surface area contributed by atoms with Crippen LogP contribution in [0.3, 0.4) is 0 Å². The number of hydrogen-bond acceptors (Lipinski definition) is 4. The summed E-state index contributed by atoms with van der Waals surface area (Å²) in [5, 5.41) is 19.6. The number of nitrogens with zero attached hydrogens (tertiary/aromatic N) is 1. The van der Waals surface area contributed by atoms with Crippen LogP contribution in [0.2, 0.25) is 5.02 Å². The van der Waals surface area contributed by atoms with E-state index in [1.807, 2.05) is 24.3 Å². The normalized spacial score (nSPS) is 18.4. The van der Waals surface area contributed by atoms with Crippen molar-refractivity contribution in [2.45, 2.75) is 37.8 Å². The van der Waals surface area contributed by atoms with E-state index in [0.29, 0.717) is 24.4 Å². The fourth-order valence-electron chi connectivity index (χ4n) is 2.96. The predicted octanol–water partition coefficient (Wildman–Crippen LogP) is 2.19. The van der Waals surface area contributed by atoms with Gasteiger partial charge in [0.05, 0.1) is 31.9 Å². The van der Waals surface area contributed by atoms with Crippen molar-refractivity contribution in [2.75, 3.05) is 26.4 Å². The SMILES string of the molecule is O=C1CCCC(C=CC(O)Cc2cccc(Cl)c2)N1CC#CCOCCO. The predicted molar refractivity (Wildman–Crippen MR) is 105 cm³/mol. The van der Waals surface area contributed by atoms with Crippen molar-refractivity contribution in [3.63, 3.8) is 0 Å². The smallest absolute Gasteiger partial charge is 0.223 e. The van der Waals surface area contributed by atoms with Gasteiger partial charge < -0.3 is 19.8 Å². The Kier molecular flexibility index (Phi) is 9.37. The molecule has 146 valence electrons. The van der Waals surface area contributed by atoms with E-state index in [0.717, 1.165) is 18.4 Å². The van der Waals surface area contributed by atoms with Crippen molar-refractivity contribution in [1.29, 1.82) is 0 Å². The molecule has 0 aliphatic carbocycles. The molecule has 1 heterocycles. The molecule has 2 unspecified atom stereocenters. The van der Waals surface area contributed by atoms with Gasteiger partial charge in [0, 0.05) is 17.9 Å². The van der Waals surface area contributed by atoms with Crippen LogP contribution in [-0.4, -0.2) is 59.5 Å². The third-order valence-corrected chi connectivity index (χ3v) is 4.52. The third-order valence-electron chi connectivity index (χ3n) is 4.28. The van der Waals surface area contributed by atoms with E-state index in [-0.39, 0.29) is 31.8 Å². The van der Waals surface area contributed by atoms with Crippen molar-refractivity contribution >= 4 is 17.5 Å². The number of benzene rings is 1. The van der Waals surface area contributed by atoms with Crippen molar-refractivity contribution in [3.8, 4) is 11.8 Å². The van der Waals surface area contributed by atoms with Crippen LogP contribution in [0.25, 0.3) is 0 Å². The van der Waals surface area contributed by atoms with E-state index in [2.05, 4.69) is 11.8 Å². The lowest BCUT2D eigenvalue weighted by Gasteiger charge is -2.32. The summed E-state index contributed by atoms with van der Waals surface area (Å²) in [5.41, 5.74) is 0.963. The average molecular weight is 392 g/mol. The number of carbonyl (C=O) groups excluding carboxylic acids is 1. The molecular formula is C21H26ClNO4. The molecule has 2 N–H and O–H groups in total. The molecule has 1 fully saturated rings. The van der Waals surface area contributed by atoms with Gasteiger partial charge in [0.1, 0.15) is 6.61 Å². The molecule has 1 aliphatic heterocycles. The van der Waals surface area contributed by atoms with E-state index in [1.54, 1.807) is 17.0 Å². The van der Waals surface area contributed by atoms with Crippen LogP contribution in [0.15, 0.2) is 36.4 Å². The number of piperidine rings is 1. The average Bonchev–Trinajstić information content (AvgIpc) is 2.64. The van der Waals surface area contributed by atoms with Crippen LogP contribution in [0.1, 0.15) is 24.8 Å². The first-order valence-corrected chi connectivity index (χ1v) is 9.52. The molecule has 0 aromatic heterocycles. The number of aliphatic hydroxyl groups excluding tert-OH is 2. The highest BCUT2D eigenvalue weighted by Gasteiger charge is 2.25. The molecule has 6 heteroatoms. The largest absolute Gasteiger partial charge is 0.394 e. The fourth-order valence-corrected chi connectivity index (χ4v) is 3.18. The second-order valence-corrected chi connectivity index (χ2v) is 6.83. The zero-order chi connectivity index (χ0) is 19.5. The van der Waals surface area contributed by atoms with Crippen LogP contribution in [0.5, 0.6) is 0 Å². The first-order chi connectivity index (χ1) is 13.1. The van der Waals surface area contributed by atoms with Crippen molar-refractivity contribution < 1.29 is 19.7 Å². The lowest BCUT2D eigenvalue weighted by atomic mass is 9.99. The molecule has 1 aromatic carbocycles. The summed E-state index contributed by atoms with van der Waals surface area (Å²) in [6, 6.07) is 7.36. The number of halogens is 1. The summed E-state index contributed by atoms with van der Waals surface area (Å²) in [6.07, 6.45) is 5.69. The molecule has 27 heavy (non-hydrogen) atoms. The first kappa shape index (κ1) is 21.5. The van der Waals surface area contributed by atoms with E-state index in [1.165, 1.54) is 0 Å². The maximum absolute atomic E-state index is 12.2. The number of rotatable bonds is 8. The molecule has 0 bridgehead atoms. The van der Waals surface area contributed by atoms with Crippen LogP contribution >= 0.6 is 11.6 Å². The van der Waals surface area contributed by atoms with Gasteiger partial charge >= 0.3 is 0 Å². The summed E-state index contributed by atoms with van der Waals surface area (Å²) in [4.78, 5) is 14.0. The highest BCUT2D eigenvalue weighted by atomic mass is 35.5. The van der Waals surface area contributed by atoms with E-state index in [4.69, 9.17) is 21.4 Å². The number of aliphatic hydroxyl groups is 2. The Morgan fingerprint density at radius 2 is 2.26 bits per heavy atom. The highest BCUT2D eigenvalue weighted by Crippen LogP contribution is 2.19. The molecule has 0 spiro atoms. The lowest BCUT2D eigenvalue weighted by molar-refractivity contribution is -0.134. The summed E-state index contributed by atoms with van der Waals surface area (Å²) in [7, 11) is 0. The molecule has 0 radical (unpaired) electrons. The Labute approximate surface area is 165 Å². The Balaban J connectivity index is 1.90. The van der Waals surface area contributed by atoms with Crippen LogP contribution in [0, 0.1) is 11.8 Å². The summed E-state index contributed by atoms with van der Waals surface area (Å²) >= 11 is 5.97. The van der Waals surface area contributed by atoms with Gasteiger partial charge in [0.2, 0.25) is 5.91 Å². The van der Waals surface area contributed by atoms with Gasteiger partial charge in [-0.2, -0.15) is 0 Å². The molecule has 1 aromatic rings. The van der Waals surface area contributed by atoms with Crippen LogP contribution < -0.4 is 0 Å². The van der Waals surface area contributed by atoms with Crippen LogP contribution in [0.4, 0.5) is 0 Å². The van der Waals surface area contributed by atoms with Gasteiger partial charge in [0.15, 0.2) is 0 Å². The molecule has 1 amide bonds. The number of amides is 1. The Bertz CT molecular complexity index is 695. The standard InChI is InChI=1S/C21H26ClNO4/c22-18-6-3-5-17(15-18)16-20(25)10-9-19-7-4-8-21(26)23(19)11-1-2-13-27-14-12-24/h3,5-6,9-10,15,19-20,24-25H,4,7-8,11-14,16H2. The maximum atomic E-state index is 12.2. The van der Waals surface area contributed by atoms with Gasteiger partial charge in [-0.15, -0.1) is 0 Å². The summed E-state index contributed by atoms with van der Waals surface area (Å²) in [5.74, 6) is 5.87. The monoisotopic (exact) mass is 391 g/mol. The van der Waals surface area contributed by atoms with Gasteiger partial charge in [-0.25, -0.2) is 0 Å². The zero-order valence-corrected chi connectivity index (χ0v) is 16.1. The third kappa shape index (κ3) is 7.74. The van der Waals surface area contributed by atoms with E-state index in [9.17, 15) is 9.90 Å². The van der Waals surface area contributed by atoms with Gasteiger partial charge in [-0.05, 0) is 30.5 Å². The summed E-state index contributed by atoms with van der Waals surface area (Å²) < 4.78 is 5.09. The number of likely N-dealkylation sites (tertiary alicyclic amines) is 1. The Morgan fingerprint density at radius 3 is 3.04 bits per heavy atom. The minimum absolute atomic E-state index is 0.0311. The molecule has 2 rings (SSSR count). The van der Waals surface area contributed by atoms with E-state index >= 15 is 0 Å². The molecule has 2 atom stereocenters. The fraction of sp³-hybridized carbons (Fsp3) is 0.476. The van der Waals surface area contributed by atoms with Crippen molar-refractivity contribution in [2.24, 2.45) is 0 Å². The number of hydrogen-bond donors (Lipinski definition) is 2. The van der Waals surface area contributed by atoms with Gasteiger partial charge in [0.25, 0.3) is 0 Å². The molecular weight excluding hydrogens is 366 g/mol. The second-order valence-electron chi connectivity index (χ2n) is 6.40. The lowest BCUT2D eigenvalue weighted by Crippen LogP contribution is -2.42. The Hall–Kier alpha value is -1.84. The second kappa shape index (κ2) is 11.8. The number of ether oxygens (including phenoxy) is 1. The minimum atomic E-state index is -0.639. The van der Waals surface area contributed by atoms with Crippen molar-refractivity contribution in [3.05, 3.63) is 47.0 Å². The number of carbonyl (C=O) groups is 1. The zero-order valence-electron chi connectivity index (χ0n) is 15.3. The van der Waals surface area contributed by atoms with E-state index < -0.39 is 6.10 Å². The molecule has 5 nitrogen and oxygen atoms in total. The van der Waals surface area contributed by atoms with Gasteiger partial charge in [-0.3, -0.25) is 4.79 Å². The van der Waals surface area contributed by atoms with Gasteiger partial charge in [-0.1, -0.05) is 47.7 Å². The van der Waals surface area contributed by atoms with Crippen molar-refractivity contribution in [1.82, 2.24) is 4.90 Å². The quantitative estimate of drug-likeness (QED) is 0.405. The Morgan fingerprint density at radius 1 is 1.41 bits per heavy atom. The molecule has 1 aliphatic rings. The van der Waals surface area contributed by atoms with Crippen LogP contribution in [-0.2, 0) is 16.0 Å². The molecule has 0 saturated carbocycles. The topological polar surface area (TPSA) is 70.0 Å². The summed E-state index contributed by atoms with van der Waals surface area (Å²) in [6.45, 7) is 0.798. The highest BCUT2D eigenvalue weighted by molar-refractivity contribution is 6.30. The molecule has 1 saturated heterocycles. The maximum Gasteiger partial charge on any atom is 0.223 e.